The molecule has 7 nitrogen and oxygen atoms in total. The molecule has 106 valence electrons. The number of fused-ring (bicyclic) bond motifs is 1. The van der Waals surface area contributed by atoms with Gasteiger partial charge in [0, 0.05) is 6.54 Å². The lowest BCUT2D eigenvalue weighted by molar-refractivity contribution is -0.0438. The standard InChI is InChI=1S/C13H16N4O3/c18-7-10-8-20-6-5-16(10)9-17-13(19)11-3-1-2-4-12(11)14-15-17/h1-4,10,18H,5-9H2. The highest BCUT2D eigenvalue weighted by atomic mass is 16.5. The van der Waals surface area contributed by atoms with Crippen LogP contribution in [0, 0.1) is 0 Å². The number of aliphatic hydroxyl groups excluding tert-OH is 1. The zero-order chi connectivity index (χ0) is 13.9. The molecule has 3 rings (SSSR count). The van der Waals surface area contributed by atoms with Crippen LogP contribution in [-0.4, -0.2) is 57.4 Å². The van der Waals surface area contributed by atoms with Gasteiger partial charge in [-0.1, -0.05) is 17.3 Å². The van der Waals surface area contributed by atoms with Gasteiger partial charge in [-0.05, 0) is 12.1 Å². The summed E-state index contributed by atoms with van der Waals surface area (Å²) in [6, 6.07) is 7.03. The third-order valence-corrected chi connectivity index (χ3v) is 3.51. The highest BCUT2D eigenvalue weighted by Gasteiger charge is 2.23. The minimum atomic E-state index is -0.168. The van der Waals surface area contributed by atoms with Crippen molar-refractivity contribution < 1.29 is 9.84 Å². The molecule has 1 N–H and O–H groups in total. The van der Waals surface area contributed by atoms with Crippen LogP contribution >= 0.6 is 0 Å². The van der Waals surface area contributed by atoms with E-state index in [-0.39, 0.29) is 18.2 Å². The molecule has 1 aromatic carbocycles. The monoisotopic (exact) mass is 276 g/mol. The number of aliphatic hydroxyl groups is 1. The molecular weight excluding hydrogens is 260 g/mol. The molecule has 0 saturated carbocycles. The first-order valence-corrected chi connectivity index (χ1v) is 6.55. The van der Waals surface area contributed by atoms with Crippen LogP contribution in [0.15, 0.2) is 29.1 Å². The van der Waals surface area contributed by atoms with Crippen LogP contribution in [0.5, 0.6) is 0 Å². The van der Waals surface area contributed by atoms with E-state index < -0.39 is 0 Å². The molecule has 0 radical (unpaired) electrons. The van der Waals surface area contributed by atoms with Crippen LogP contribution in [0.2, 0.25) is 0 Å². The summed E-state index contributed by atoms with van der Waals surface area (Å²) in [5.41, 5.74) is 0.424. The van der Waals surface area contributed by atoms with E-state index in [0.717, 1.165) is 0 Å². The average Bonchev–Trinajstić information content (AvgIpc) is 2.51. The fourth-order valence-electron chi connectivity index (χ4n) is 2.33. The van der Waals surface area contributed by atoms with Gasteiger partial charge >= 0.3 is 0 Å². The number of benzene rings is 1. The van der Waals surface area contributed by atoms with Crippen molar-refractivity contribution in [1.29, 1.82) is 0 Å². The van der Waals surface area contributed by atoms with Gasteiger partial charge in [0.25, 0.3) is 5.56 Å². The fraction of sp³-hybridized carbons (Fsp3) is 0.462. The normalized spacial score (nSPS) is 20.4. The summed E-state index contributed by atoms with van der Waals surface area (Å²) in [6.45, 7) is 2.02. The summed E-state index contributed by atoms with van der Waals surface area (Å²) >= 11 is 0. The van der Waals surface area contributed by atoms with Crippen LogP contribution in [0.4, 0.5) is 0 Å². The molecule has 0 aliphatic carbocycles. The van der Waals surface area contributed by atoms with Crippen molar-refractivity contribution in [2.45, 2.75) is 12.7 Å². The number of rotatable bonds is 3. The SMILES string of the molecule is O=c1c2ccccc2nnn1CN1CCOCC1CO. The molecule has 1 saturated heterocycles. The second-order valence-corrected chi connectivity index (χ2v) is 4.78. The molecular formula is C13H16N4O3. The lowest BCUT2D eigenvalue weighted by Gasteiger charge is -2.33. The lowest BCUT2D eigenvalue weighted by atomic mass is 10.2. The Kier molecular flexibility index (Phi) is 3.72. The predicted molar refractivity (Wildman–Crippen MR) is 72.2 cm³/mol. The highest BCUT2D eigenvalue weighted by molar-refractivity contribution is 5.76. The van der Waals surface area contributed by atoms with E-state index in [2.05, 4.69) is 10.3 Å². The van der Waals surface area contributed by atoms with Gasteiger partial charge < -0.3 is 9.84 Å². The zero-order valence-corrected chi connectivity index (χ0v) is 11.0. The molecule has 2 aromatic rings. The zero-order valence-electron chi connectivity index (χ0n) is 11.0. The quantitative estimate of drug-likeness (QED) is 0.809. The molecule has 0 spiro atoms. The van der Waals surface area contributed by atoms with E-state index in [4.69, 9.17) is 4.74 Å². The molecule has 1 fully saturated rings. The van der Waals surface area contributed by atoms with Crippen LogP contribution < -0.4 is 5.56 Å². The third-order valence-electron chi connectivity index (χ3n) is 3.51. The van der Waals surface area contributed by atoms with Crippen LogP contribution in [0.25, 0.3) is 10.9 Å². The van der Waals surface area contributed by atoms with Crippen molar-refractivity contribution in [3.05, 3.63) is 34.6 Å². The number of hydrogen-bond acceptors (Lipinski definition) is 6. The Morgan fingerprint density at radius 1 is 1.40 bits per heavy atom. The van der Waals surface area contributed by atoms with E-state index >= 15 is 0 Å². The maximum atomic E-state index is 12.3. The van der Waals surface area contributed by atoms with E-state index in [1.165, 1.54) is 4.68 Å². The largest absolute Gasteiger partial charge is 0.395 e. The van der Waals surface area contributed by atoms with Gasteiger partial charge in [-0.25, -0.2) is 0 Å². The molecule has 1 aliphatic heterocycles. The first-order valence-electron chi connectivity index (χ1n) is 6.55. The van der Waals surface area contributed by atoms with Crippen molar-refractivity contribution in [3.63, 3.8) is 0 Å². The van der Waals surface area contributed by atoms with Crippen LogP contribution in [-0.2, 0) is 11.4 Å². The second-order valence-electron chi connectivity index (χ2n) is 4.78. The molecule has 2 heterocycles. The topological polar surface area (TPSA) is 80.5 Å². The maximum absolute atomic E-state index is 12.3. The Labute approximate surface area is 115 Å². The Morgan fingerprint density at radius 2 is 2.25 bits per heavy atom. The van der Waals surface area contributed by atoms with Crippen molar-refractivity contribution in [2.24, 2.45) is 0 Å². The van der Waals surface area contributed by atoms with Gasteiger partial charge in [-0.3, -0.25) is 9.69 Å². The molecule has 0 bridgehead atoms. The van der Waals surface area contributed by atoms with Gasteiger partial charge in [0.1, 0.15) is 5.52 Å². The number of morpholine rings is 1. The summed E-state index contributed by atoms with van der Waals surface area (Å²) in [5.74, 6) is 0. The third kappa shape index (κ3) is 2.43. The summed E-state index contributed by atoms with van der Waals surface area (Å²) < 4.78 is 6.65. The molecule has 0 amide bonds. The van der Waals surface area contributed by atoms with Gasteiger partial charge in [-0.2, -0.15) is 4.68 Å². The molecule has 1 unspecified atom stereocenters. The van der Waals surface area contributed by atoms with E-state index in [1.54, 1.807) is 18.2 Å². The van der Waals surface area contributed by atoms with Crippen LogP contribution in [0.1, 0.15) is 0 Å². The van der Waals surface area contributed by atoms with E-state index in [9.17, 15) is 9.90 Å². The van der Waals surface area contributed by atoms with Gasteiger partial charge in [0.2, 0.25) is 0 Å². The van der Waals surface area contributed by atoms with Gasteiger partial charge in [0.15, 0.2) is 0 Å². The summed E-state index contributed by atoms with van der Waals surface area (Å²) in [5, 5.41) is 17.9. The number of aromatic nitrogens is 3. The predicted octanol–water partition coefficient (Wildman–Crippen LogP) is -0.558. The fourth-order valence-corrected chi connectivity index (χ4v) is 2.33. The number of ether oxygens (including phenoxy) is 1. The Morgan fingerprint density at radius 3 is 3.10 bits per heavy atom. The minimum Gasteiger partial charge on any atom is -0.395 e. The smallest absolute Gasteiger partial charge is 0.278 e. The molecule has 7 heteroatoms. The molecule has 1 atom stereocenters. The minimum absolute atomic E-state index is 0.00421. The number of nitrogens with zero attached hydrogens (tertiary/aromatic N) is 4. The number of hydrogen-bond donors (Lipinski definition) is 1. The first-order chi connectivity index (χ1) is 9.79. The van der Waals surface area contributed by atoms with Crippen molar-refractivity contribution in [1.82, 2.24) is 19.9 Å². The molecule has 20 heavy (non-hydrogen) atoms. The van der Waals surface area contributed by atoms with Crippen molar-refractivity contribution >= 4 is 10.9 Å². The Hall–Kier alpha value is -1.83. The summed E-state index contributed by atoms with van der Waals surface area (Å²) in [7, 11) is 0. The van der Waals surface area contributed by atoms with Crippen molar-refractivity contribution in [2.75, 3.05) is 26.4 Å². The lowest BCUT2D eigenvalue weighted by Crippen LogP contribution is -2.49. The Balaban J connectivity index is 1.90. The Bertz CT molecular complexity index is 657. The summed E-state index contributed by atoms with van der Waals surface area (Å²) in [4.78, 5) is 14.3. The van der Waals surface area contributed by atoms with Crippen LogP contribution in [0.3, 0.4) is 0 Å². The van der Waals surface area contributed by atoms with Crippen molar-refractivity contribution in [3.8, 4) is 0 Å². The molecule has 1 aromatic heterocycles. The second kappa shape index (κ2) is 5.66. The first kappa shape index (κ1) is 13.2. The van der Waals surface area contributed by atoms with Gasteiger partial charge in [-0.15, -0.1) is 5.10 Å². The molecule has 1 aliphatic rings. The van der Waals surface area contributed by atoms with E-state index in [1.807, 2.05) is 11.0 Å². The highest BCUT2D eigenvalue weighted by Crippen LogP contribution is 2.08. The average molecular weight is 276 g/mol. The van der Waals surface area contributed by atoms with E-state index in [0.29, 0.717) is 37.3 Å². The summed E-state index contributed by atoms with van der Waals surface area (Å²) in [6.07, 6.45) is 0. The van der Waals surface area contributed by atoms with Gasteiger partial charge in [0.05, 0.1) is 37.9 Å². The maximum Gasteiger partial charge on any atom is 0.278 e.